The van der Waals surface area contributed by atoms with Crippen LogP contribution >= 0.6 is 0 Å². The average Bonchev–Trinajstić information content (AvgIpc) is 2.71. The van der Waals surface area contributed by atoms with E-state index in [-0.39, 0.29) is 12.7 Å². The SMILES string of the molecule is OCc1ccnc(OC2CCOC2)c1. The smallest absolute Gasteiger partial charge is 0.213 e. The molecule has 4 heteroatoms. The largest absolute Gasteiger partial charge is 0.472 e. The molecule has 1 atom stereocenters. The molecule has 0 aromatic carbocycles. The molecule has 2 rings (SSSR count). The standard InChI is InChI=1S/C10H13NO3/c12-6-8-1-3-11-10(5-8)14-9-2-4-13-7-9/h1,3,5,9,12H,2,4,6-7H2. The lowest BCUT2D eigenvalue weighted by Crippen LogP contribution is -2.16. The van der Waals surface area contributed by atoms with Crippen LogP contribution in [-0.4, -0.2) is 29.4 Å². The molecule has 1 fully saturated rings. The number of pyridine rings is 1. The van der Waals surface area contributed by atoms with Crippen LogP contribution in [0.4, 0.5) is 0 Å². The number of aliphatic hydroxyl groups excluding tert-OH is 1. The summed E-state index contributed by atoms with van der Waals surface area (Å²) in [5.74, 6) is 0.562. The zero-order valence-electron chi connectivity index (χ0n) is 7.85. The van der Waals surface area contributed by atoms with Gasteiger partial charge in [0.15, 0.2) is 0 Å². The number of aromatic nitrogens is 1. The predicted molar refractivity (Wildman–Crippen MR) is 50.0 cm³/mol. The Hall–Kier alpha value is -1.13. The Labute approximate surface area is 82.5 Å². The molecule has 0 aliphatic carbocycles. The van der Waals surface area contributed by atoms with Crippen LogP contribution < -0.4 is 4.74 Å². The number of hydrogen-bond donors (Lipinski definition) is 1. The van der Waals surface area contributed by atoms with Crippen molar-refractivity contribution in [1.82, 2.24) is 4.98 Å². The summed E-state index contributed by atoms with van der Waals surface area (Å²) in [4.78, 5) is 4.06. The number of ether oxygens (including phenoxy) is 2. The van der Waals surface area contributed by atoms with Gasteiger partial charge in [0.1, 0.15) is 6.10 Å². The van der Waals surface area contributed by atoms with Gasteiger partial charge in [-0.05, 0) is 11.6 Å². The van der Waals surface area contributed by atoms with E-state index < -0.39 is 0 Å². The minimum absolute atomic E-state index is 0.0139. The first-order chi connectivity index (χ1) is 6.88. The van der Waals surface area contributed by atoms with E-state index in [1.165, 1.54) is 0 Å². The molecule has 0 amide bonds. The van der Waals surface area contributed by atoms with Crippen molar-refractivity contribution in [2.24, 2.45) is 0 Å². The lowest BCUT2D eigenvalue weighted by atomic mass is 10.3. The van der Waals surface area contributed by atoms with Crippen LogP contribution in [-0.2, 0) is 11.3 Å². The van der Waals surface area contributed by atoms with Crippen molar-refractivity contribution in [2.75, 3.05) is 13.2 Å². The molecular weight excluding hydrogens is 182 g/mol. The van der Waals surface area contributed by atoms with E-state index in [1.54, 1.807) is 18.3 Å². The summed E-state index contributed by atoms with van der Waals surface area (Å²) in [6.07, 6.45) is 2.65. The number of rotatable bonds is 3. The first-order valence-corrected chi connectivity index (χ1v) is 4.68. The zero-order chi connectivity index (χ0) is 9.80. The Morgan fingerprint density at radius 2 is 2.57 bits per heavy atom. The Balaban J connectivity index is 2.00. The molecule has 1 unspecified atom stereocenters. The van der Waals surface area contributed by atoms with Crippen molar-refractivity contribution >= 4 is 0 Å². The van der Waals surface area contributed by atoms with Crippen LogP contribution in [0.15, 0.2) is 18.3 Å². The van der Waals surface area contributed by atoms with Crippen LogP contribution in [0.5, 0.6) is 5.88 Å². The fraction of sp³-hybridized carbons (Fsp3) is 0.500. The van der Waals surface area contributed by atoms with E-state index in [4.69, 9.17) is 14.6 Å². The van der Waals surface area contributed by atoms with Gasteiger partial charge in [0.25, 0.3) is 0 Å². The predicted octanol–water partition coefficient (Wildman–Crippen LogP) is 0.742. The van der Waals surface area contributed by atoms with E-state index in [0.29, 0.717) is 12.5 Å². The van der Waals surface area contributed by atoms with Gasteiger partial charge in [-0.25, -0.2) is 4.98 Å². The highest BCUT2D eigenvalue weighted by molar-refractivity contribution is 5.19. The maximum atomic E-state index is 8.91. The molecule has 1 aromatic heterocycles. The Morgan fingerprint density at radius 3 is 3.29 bits per heavy atom. The number of aliphatic hydroxyl groups is 1. The highest BCUT2D eigenvalue weighted by Crippen LogP contribution is 2.15. The summed E-state index contributed by atoms with van der Waals surface area (Å²) in [5.41, 5.74) is 0.814. The van der Waals surface area contributed by atoms with Crippen molar-refractivity contribution in [3.8, 4) is 5.88 Å². The molecular formula is C10H13NO3. The average molecular weight is 195 g/mol. The van der Waals surface area contributed by atoms with Gasteiger partial charge in [0, 0.05) is 18.7 Å². The van der Waals surface area contributed by atoms with Crippen LogP contribution in [0.1, 0.15) is 12.0 Å². The second kappa shape index (κ2) is 4.39. The minimum Gasteiger partial charge on any atom is -0.472 e. The fourth-order valence-electron chi connectivity index (χ4n) is 1.39. The second-order valence-electron chi connectivity index (χ2n) is 3.26. The monoisotopic (exact) mass is 195 g/mol. The summed E-state index contributed by atoms with van der Waals surface area (Å²) in [7, 11) is 0. The maximum absolute atomic E-state index is 8.91. The maximum Gasteiger partial charge on any atom is 0.213 e. The highest BCUT2D eigenvalue weighted by Gasteiger charge is 2.17. The fourth-order valence-corrected chi connectivity index (χ4v) is 1.39. The molecule has 2 heterocycles. The van der Waals surface area contributed by atoms with E-state index in [9.17, 15) is 0 Å². The molecule has 0 bridgehead atoms. The third kappa shape index (κ3) is 2.21. The normalized spacial score (nSPS) is 21.1. The van der Waals surface area contributed by atoms with Crippen molar-refractivity contribution in [3.05, 3.63) is 23.9 Å². The van der Waals surface area contributed by atoms with Gasteiger partial charge in [-0.2, -0.15) is 0 Å². The van der Waals surface area contributed by atoms with Crippen molar-refractivity contribution in [3.63, 3.8) is 0 Å². The van der Waals surface area contributed by atoms with Crippen molar-refractivity contribution in [1.29, 1.82) is 0 Å². The van der Waals surface area contributed by atoms with Crippen LogP contribution in [0.25, 0.3) is 0 Å². The molecule has 1 aliphatic heterocycles. The summed E-state index contributed by atoms with van der Waals surface area (Å²) >= 11 is 0. The summed E-state index contributed by atoms with van der Waals surface area (Å²) < 4.78 is 10.8. The molecule has 1 saturated heterocycles. The summed E-state index contributed by atoms with van der Waals surface area (Å²) in [6, 6.07) is 3.51. The van der Waals surface area contributed by atoms with Gasteiger partial charge in [0.2, 0.25) is 5.88 Å². The molecule has 1 N–H and O–H groups in total. The summed E-state index contributed by atoms with van der Waals surface area (Å²) in [6.45, 7) is 1.40. The van der Waals surface area contributed by atoms with Gasteiger partial charge >= 0.3 is 0 Å². The lowest BCUT2D eigenvalue weighted by molar-refractivity contribution is 0.138. The molecule has 4 nitrogen and oxygen atoms in total. The number of nitrogens with zero attached hydrogens (tertiary/aromatic N) is 1. The first-order valence-electron chi connectivity index (χ1n) is 4.68. The Bertz CT molecular complexity index is 297. The molecule has 1 aliphatic rings. The zero-order valence-corrected chi connectivity index (χ0v) is 7.85. The van der Waals surface area contributed by atoms with Crippen LogP contribution in [0.3, 0.4) is 0 Å². The molecule has 14 heavy (non-hydrogen) atoms. The minimum atomic E-state index is 0.0139. The third-order valence-electron chi connectivity index (χ3n) is 2.16. The molecule has 1 aromatic rings. The second-order valence-corrected chi connectivity index (χ2v) is 3.26. The molecule has 0 radical (unpaired) electrons. The van der Waals surface area contributed by atoms with Crippen LogP contribution in [0, 0.1) is 0 Å². The lowest BCUT2D eigenvalue weighted by Gasteiger charge is -2.10. The van der Waals surface area contributed by atoms with Gasteiger partial charge in [-0.15, -0.1) is 0 Å². The van der Waals surface area contributed by atoms with Crippen LogP contribution in [0.2, 0.25) is 0 Å². The van der Waals surface area contributed by atoms with Crippen molar-refractivity contribution < 1.29 is 14.6 Å². The van der Waals surface area contributed by atoms with E-state index in [0.717, 1.165) is 18.6 Å². The molecule has 0 spiro atoms. The van der Waals surface area contributed by atoms with Crippen molar-refractivity contribution in [2.45, 2.75) is 19.1 Å². The van der Waals surface area contributed by atoms with Gasteiger partial charge in [0.05, 0.1) is 19.8 Å². The van der Waals surface area contributed by atoms with Gasteiger partial charge < -0.3 is 14.6 Å². The van der Waals surface area contributed by atoms with E-state index >= 15 is 0 Å². The molecule has 76 valence electrons. The van der Waals surface area contributed by atoms with E-state index in [1.807, 2.05) is 0 Å². The highest BCUT2D eigenvalue weighted by atomic mass is 16.5. The number of hydrogen-bond acceptors (Lipinski definition) is 4. The van der Waals surface area contributed by atoms with Gasteiger partial charge in [-0.3, -0.25) is 0 Å². The topological polar surface area (TPSA) is 51.6 Å². The molecule has 0 saturated carbocycles. The van der Waals surface area contributed by atoms with Gasteiger partial charge in [-0.1, -0.05) is 0 Å². The quantitative estimate of drug-likeness (QED) is 0.773. The Morgan fingerprint density at radius 1 is 1.64 bits per heavy atom. The Kier molecular flexibility index (Phi) is 2.96. The third-order valence-corrected chi connectivity index (χ3v) is 2.16. The first kappa shape index (κ1) is 9.43. The van der Waals surface area contributed by atoms with E-state index in [2.05, 4.69) is 4.98 Å². The summed E-state index contributed by atoms with van der Waals surface area (Å²) in [5, 5.41) is 8.91.